The van der Waals surface area contributed by atoms with Gasteiger partial charge in [-0.1, -0.05) is 23.7 Å². The molecule has 1 aliphatic heterocycles. The molecular formula is C17H16ClNO5. The predicted octanol–water partition coefficient (Wildman–Crippen LogP) is 2.81. The summed E-state index contributed by atoms with van der Waals surface area (Å²) in [6.45, 7) is 3.26. The van der Waals surface area contributed by atoms with Crippen LogP contribution >= 0.6 is 11.6 Å². The van der Waals surface area contributed by atoms with Crippen LogP contribution in [0.5, 0.6) is 5.75 Å². The van der Waals surface area contributed by atoms with Crippen molar-refractivity contribution in [2.45, 2.75) is 25.9 Å². The Morgan fingerprint density at radius 2 is 1.79 bits per heavy atom. The van der Waals surface area contributed by atoms with Gasteiger partial charge in [-0.2, -0.15) is 5.26 Å². The quantitative estimate of drug-likeness (QED) is 0.600. The van der Waals surface area contributed by atoms with Gasteiger partial charge in [-0.15, -0.1) is 0 Å². The fraction of sp³-hybridized carbons (Fsp3) is 0.353. The largest absolute Gasteiger partial charge is 0.462 e. The molecule has 126 valence electrons. The Morgan fingerprint density at radius 3 is 2.33 bits per heavy atom. The molecular weight excluding hydrogens is 334 g/mol. The van der Waals surface area contributed by atoms with Crippen molar-refractivity contribution < 1.29 is 23.8 Å². The molecule has 0 aliphatic carbocycles. The number of carbonyl (C=O) groups is 2. The highest BCUT2D eigenvalue weighted by atomic mass is 35.5. The average Bonchev–Trinajstić information content (AvgIpc) is 2.57. The van der Waals surface area contributed by atoms with E-state index in [9.17, 15) is 9.59 Å². The van der Waals surface area contributed by atoms with Crippen molar-refractivity contribution in [1.29, 1.82) is 5.26 Å². The Balaban J connectivity index is 2.73. The van der Waals surface area contributed by atoms with E-state index in [0.29, 0.717) is 5.56 Å². The molecule has 0 fully saturated rings. The number of nitrogens with zero attached hydrogens (tertiary/aromatic N) is 1. The van der Waals surface area contributed by atoms with E-state index in [0.717, 1.165) is 0 Å². The summed E-state index contributed by atoms with van der Waals surface area (Å²) in [7, 11) is 0. The summed E-state index contributed by atoms with van der Waals surface area (Å²) >= 11 is 6.40. The first-order valence-electron chi connectivity index (χ1n) is 7.41. The minimum Gasteiger partial charge on any atom is -0.462 e. The first-order chi connectivity index (χ1) is 11.5. The van der Waals surface area contributed by atoms with Crippen LogP contribution in [-0.4, -0.2) is 30.8 Å². The second-order valence-corrected chi connectivity index (χ2v) is 5.23. The Kier molecular flexibility index (Phi) is 5.47. The lowest BCUT2D eigenvalue weighted by Gasteiger charge is -2.35. The van der Waals surface area contributed by atoms with Crippen molar-refractivity contribution in [1.82, 2.24) is 0 Å². The van der Waals surface area contributed by atoms with E-state index < -0.39 is 17.5 Å². The number of halogens is 1. The fourth-order valence-electron chi connectivity index (χ4n) is 2.44. The molecule has 0 aromatic heterocycles. The van der Waals surface area contributed by atoms with Crippen molar-refractivity contribution in [3.8, 4) is 11.8 Å². The standard InChI is InChI=1S/C17H16ClNO5/c1-3-22-15(20)17(16(21)23-4-2)12(9-10-19)14(18)11-7-5-6-8-13(11)24-17/h5-8H,3-4,9H2,1-2H3. The third kappa shape index (κ3) is 2.83. The molecule has 6 nitrogen and oxygen atoms in total. The van der Waals surface area contributed by atoms with Crippen LogP contribution in [0.1, 0.15) is 25.8 Å². The lowest BCUT2D eigenvalue weighted by atomic mass is 9.86. The van der Waals surface area contributed by atoms with Crippen LogP contribution in [0.25, 0.3) is 5.03 Å². The number of para-hydroxylation sites is 1. The maximum absolute atomic E-state index is 12.6. The van der Waals surface area contributed by atoms with Crippen LogP contribution in [0.3, 0.4) is 0 Å². The molecule has 0 bridgehead atoms. The summed E-state index contributed by atoms with van der Waals surface area (Å²) in [4.78, 5) is 25.3. The molecule has 1 aliphatic rings. The number of nitriles is 1. The van der Waals surface area contributed by atoms with Crippen molar-refractivity contribution in [2.75, 3.05) is 13.2 Å². The first-order valence-corrected chi connectivity index (χ1v) is 7.79. The van der Waals surface area contributed by atoms with Gasteiger partial charge in [0.1, 0.15) is 5.75 Å². The molecule has 1 heterocycles. The summed E-state index contributed by atoms with van der Waals surface area (Å²) in [5.74, 6) is -1.67. The zero-order valence-electron chi connectivity index (χ0n) is 13.3. The van der Waals surface area contributed by atoms with Gasteiger partial charge in [0.2, 0.25) is 0 Å². The predicted molar refractivity (Wildman–Crippen MR) is 86.1 cm³/mol. The van der Waals surface area contributed by atoms with E-state index in [2.05, 4.69) is 0 Å². The number of benzene rings is 1. The number of ether oxygens (including phenoxy) is 3. The Labute approximate surface area is 144 Å². The normalized spacial score (nSPS) is 14.9. The maximum Gasteiger partial charge on any atom is 0.367 e. The number of carbonyl (C=O) groups excluding carboxylic acids is 2. The van der Waals surface area contributed by atoms with Gasteiger partial charge in [0, 0.05) is 11.1 Å². The Morgan fingerprint density at radius 1 is 1.21 bits per heavy atom. The third-order valence-corrected chi connectivity index (χ3v) is 3.89. The van der Waals surface area contributed by atoms with Crippen molar-refractivity contribution in [2.24, 2.45) is 0 Å². The molecule has 7 heteroatoms. The molecule has 0 amide bonds. The van der Waals surface area contributed by atoms with Gasteiger partial charge >= 0.3 is 17.5 Å². The van der Waals surface area contributed by atoms with E-state index in [1.165, 1.54) is 0 Å². The van der Waals surface area contributed by atoms with E-state index >= 15 is 0 Å². The van der Waals surface area contributed by atoms with E-state index in [1.54, 1.807) is 38.1 Å². The van der Waals surface area contributed by atoms with Crippen LogP contribution < -0.4 is 4.74 Å². The molecule has 0 saturated carbocycles. The average molecular weight is 350 g/mol. The van der Waals surface area contributed by atoms with Gasteiger partial charge in [-0.3, -0.25) is 0 Å². The van der Waals surface area contributed by atoms with Crippen LogP contribution in [0, 0.1) is 11.3 Å². The molecule has 1 aromatic carbocycles. The second kappa shape index (κ2) is 7.37. The van der Waals surface area contributed by atoms with Crippen LogP contribution in [0.4, 0.5) is 0 Å². The zero-order valence-corrected chi connectivity index (χ0v) is 14.1. The summed E-state index contributed by atoms with van der Waals surface area (Å²) in [6.07, 6.45) is -0.287. The summed E-state index contributed by atoms with van der Waals surface area (Å²) in [6, 6.07) is 8.58. The lowest BCUT2D eigenvalue weighted by molar-refractivity contribution is -0.175. The Hall–Kier alpha value is -2.52. The van der Waals surface area contributed by atoms with Gasteiger partial charge in [-0.25, -0.2) is 9.59 Å². The van der Waals surface area contributed by atoms with E-state index in [1.807, 2.05) is 6.07 Å². The number of hydrogen-bond donors (Lipinski definition) is 0. The highest BCUT2D eigenvalue weighted by molar-refractivity contribution is 6.50. The monoisotopic (exact) mass is 349 g/mol. The molecule has 0 radical (unpaired) electrons. The van der Waals surface area contributed by atoms with Crippen LogP contribution in [0.2, 0.25) is 0 Å². The van der Waals surface area contributed by atoms with Gasteiger partial charge in [0.05, 0.1) is 30.7 Å². The minimum atomic E-state index is -2.22. The molecule has 0 unspecified atom stereocenters. The van der Waals surface area contributed by atoms with Crippen LogP contribution in [-0.2, 0) is 19.1 Å². The highest BCUT2D eigenvalue weighted by Gasteiger charge is 2.58. The smallest absolute Gasteiger partial charge is 0.367 e. The minimum absolute atomic E-state index is 0.0160. The highest BCUT2D eigenvalue weighted by Crippen LogP contribution is 2.45. The fourth-order valence-corrected chi connectivity index (χ4v) is 2.80. The summed E-state index contributed by atoms with van der Waals surface area (Å²) < 4.78 is 15.8. The first kappa shape index (κ1) is 17.8. The number of hydrogen-bond acceptors (Lipinski definition) is 6. The van der Waals surface area contributed by atoms with Gasteiger partial charge < -0.3 is 14.2 Å². The summed E-state index contributed by atoms with van der Waals surface area (Å²) in [5, 5.41) is 9.25. The van der Waals surface area contributed by atoms with Crippen molar-refractivity contribution in [3.63, 3.8) is 0 Å². The maximum atomic E-state index is 12.6. The number of esters is 2. The molecule has 2 rings (SSSR count). The summed E-state index contributed by atoms with van der Waals surface area (Å²) in [5.41, 5.74) is -1.70. The van der Waals surface area contributed by atoms with Gasteiger partial charge in [0.15, 0.2) is 0 Å². The van der Waals surface area contributed by atoms with E-state index in [-0.39, 0.29) is 36.0 Å². The lowest BCUT2D eigenvalue weighted by Crippen LogP contribution is -2.56. The van der Waals surface area contributed by atoms with E-state index in [4.69, 9.17) is 31.1 Å². The van der Waals surface area contributed by atoms with Crippen LogP contribution in [0.15, 0.2) is 29.8 Å². The second-order valence-electron chi connectivity index (χ2n) is 4.85. The van der Waals surface area contributed by atoms with Crippen molar-refractivity contribution in [3.05, 3.63) is 35.4 Å². The number of rotatable bonds is 5. The molecule has 24 heavy (non-hydrogen) atoms. The van der Waals surface area contributed by atoms with Gasteiger partial charge in [0.25, 0.3) is 0 Å². The zero-order chi connectivity index (χ0) is 17.7. The third-order valence-electron chi connectivity index (χ3n) is 3.46. The number of fused-ring (bicyclic) bond motifs is 1. The SMILES string of the molecule is CCOC(=O)C1(C(=O)OCC)Oc2ccccc2C(Cl)=C1CC#N. The molecule has 0 N–H and O–H groups in total. The van der Waals surface area contributed by atoms with Gasteiger partial charge in [-0.05, 0) is 26.0 Å². The molecule has 0 spiro atoms. The molecule has 0 atom stereocenters. The Bertz CT molecular complexity index is 717. The molecule has 1 aromatic rings. The topological polar surface area (TPSA) is 85.6 Å². The van der Waals surface area contributed by atoms with Crippen molar-refractivity contribution >= 4 is 28.6 Å². The molecule has 0 saturated heterocycles.